The number of hydrogen-bond acceptors (Lipinski definition) is 5. The predicted molar refractivity (Wildman–Crippen MR) is 90.6 cm³/mol. The van der Waals surface area contributed by atoms with Gasteiger partial charge in [-0.2, -0.15) is 4.31 Å². The number of hydrogen-bond donors (Lipinski definition) is 2. The molecule has 1 aromatic rings. The average molecular weight is 374 g/mol. The van der Waals surface area contributed by atoms with E-state index in [4.69, 9.17) is 0 Å². The Bertz CT molecular complexity index is 804. The van der Waals surface area contributed by atoms with E-state index in [9.17, 15) is 16.8 Å². The first-order valence-corrected chi connectivity index (χ1v) is 11.0. The molecule has 2 fully saturated rings. The van der Waals surface area contributed by atoms with Gasteiger partial charge in [0.15, 0.2) is 0 Å². The van der Waals surface area contributed by atoms with Gasteiger partial charge in [-0.05, 0) is 50.9 Å². The molecule has 0 radical (unpaired) electrons. The molecule has 3 rings (SSSR count). The van der Waals surface area contributed by atoms with Crippen LogP contribution in [0, 0.1) is 0 Å². The minimum atomic E-state index is -3.70. The first-order valence-electron chi connectivity index (χ1n) is 8.13. The normalized spacial score (nSPS) is 23.3. The molecule has 0 spiro atoms. The Kier molecular flexibility index (Phi) is 4.99. The highest BCUT2D eigenvalue weighted by Gasteiger charge is 2.32. The van der Waals surface area contributed by atoms with Crippen molar-refractivity contribution >= 4 is 20.0 Å². The first-order chi connectivity index (χ1) is 11.3. The van der Waals surface area contributed by atoms with E-state index in [1.165, 1.54) is 28.6 Å². The zero-order valence-corrected chi connectivity index (χ0v) is 15.2. The highest BCUT2D eigenvalue weighted by atomic mass is 32.2. The van der Waals surface area contributed by atoms with Gasteiger partial charge in [0.25, 0.3) is 0 Å². The number of likely N-dealkylation sites (N-methyl/N-ethyl adjacent to an activating group) is 1. The van der Waals surface area contributed by atoms with E-state index in [1.54, 1.807) is 0 Å². The number of piperidine rings is 1. The van der Waals surface area contributed by atoms with Crippen LogP contribution in [0.5, 0.6) is 0 Å². The van der Waals surface area contributed by atoms with E-state index in [-0.39, 0.29) is 21.9 Å². The van der Waals surface area contributed by atoms with E-state index in [0.29, 0.717) is 13.1 Å². The Hall–Kier alpha value is -1.00. The number of rotatable bonds is 6. The van der Waals surface area contributed by atoms with Gasteiger partial charge in [0, 0.05) is 25.2 Å². The molecule has 2 aliphatic rings. The molecule has 1 unspecified atom stereocenters. The maximum atomic E-state index is 12.8. The van der Waals surface area contributed by atoms with Crippen molar-refractivity contribution in [3.8, 4) is 0 Å². The van der Waals surface area contributed by atoms with Crippen LogP contribution >= 0.6 is 0 Å². The molecule has 0 aromatic heterocycles. The molecule has 1 atom stereocenters. The molecular weight excluding hydrogens is 350 g/mol. The number of sulfonamides is 2. The molecule has 1 aromatic carbocycles. The fourth-order valence-electron chi connectivity index (χ4n) is 2.84. The van der Waals surface area contributed by atoms with Crippen LogP contribution in [0.25, 0.3) is 0 Å². The van der Waals surface area contributed by atoms with Crippen molar-refractivity contribution in [2.24, 2.45) is 0 Å². The fraction of sp³-hybridized carbons (Fsp3) is 0.600. The van der Waals surface area contributed by atoms with Crippen LogP contribution in [-0.4, -0.2) is 53.4 Å². The minimum absolute atomic E-state index is 0.00218. The molecule has 2 N–H and O–H groups in total. The third kappa shape index (κ3) is 3.80. The summed E-state index contributed by atoms with van der Waals surface area (Å²) in [5, 5.41) is 3.11. The van der Waals surface area contributed by atoms with Gasteiger partial charge in [0.2, 0.25) is 20.0 Å². The summed E-state index contributed by atoms with van der Waals surface area (Å²) in [4.78, 5) is 0.0237. The molecule has 1 aliphatic carbocycles. The topological polar surface area (TPSA) is 95.6 Å². The molecule has 0 bridgehead atoms. The maximum absolute atomic E-state index is 12.8. The number of nitrogens with zero attached hydrogens (tertiary/aromatic N) is 1. The Morgan fingerprint density at radius 2 is 1.75 bits per heavy atom. The highest BCUT2D eigenvalue weighted by molar-refractivity contribution is 7.90. The lowest BCUT2D eigenvalue weighted by Crippen LogP contribution is -2.46. The summed E-state index contributed by atoms with van der Waals surface area (Å²) in [6.45, 7) is 0.855. The molecule has 9 heteroatoms. The molecule has 24 heavy (non-hydrogen) atoms. The van der Waals surface area contributed by atoms with E-state index >= 15 is 0 Å². The second-order valence-electron chi connectivity index (χ2n) is 6.36. The van der Waals surface area contributed by atoms with E-state index in [0.717, 1.165) is 25.7 Å². The van der Waals surface area contributed by atoms with Crippen molar-refractivity contribution in [2.45, 2.75) is 47.6 Å². The second-order valence-corrected chi connectivity index (χ2v) is 10.0. The van der Waals surface area contributed by atoms with Gasteiger partial charge in [0.05, 0.1) is 9.79 Å². The smallest absolute Gasteiger partial charge is 0.243 e. The quantitative estimate of drug-likeness (QED) is 0.757. The number of benzene rings is 1. The maximum Gasteiger partial charge on any atom is 0.243 e. The summed E-state index contributed by atoms with van der Waals surface area (Å²) in [6, 6.07) is 5.72. The van der Waals surface area contributed by atoms with E-state index in [1.807, 2.05) is 7.05 Å². The molecule has 134 valence electrons. The summed E-state index contributed by atoms with van der Waals surface area (Å²) >= 11 is 0. The van der Waals surface area contributed by atoms with Crippen LogP contribution in [0.1, 0.15) is 25.7 Å². The molecule has 7 nitrogen and oxygen atoms in total. The Morgan fingerprint density at radius 1 is 1.04 bits per heavy atom. The lowest BCUT2D eigenvalue weighted by molar-refractivity contribution is 0.293. The zero-order chi connectivity index (χ0) is 17.4. The summed E-state index contributed by atoms with van der Waals surface area (Å²) in [5.74, 6) is 0. The van der Waals surface area contributed by atoms with Crippen molar-refractivity contribution in [1.82, 2.24) is 14.3 Å². The van der Waals surface area contributed by atoms with Crippen LogP contribution in [0.4, 0.5) is 0 Å². The van der Waals surface area contributed by atoms with Crippen LogP contribution in [-0.2, 0) is 20.0 Å². The van der Waals surface area contributed by atoms with Gasteiger partial charge in [0.1, 0.15) is 0 Å². The Labute approximate surface area is 143 Å². The summed E-state index contributed by atoms with van der Waals surface area (Å²) < 4.78 is 54.3. The van der Waals surface area contributed by atoms with Crippen molar-refractivity contribution in [3.05, 3.63) is 24.3 Å². The van der Waals surface area contributed by atoms with Gasteiger partial charge in [-0.1, -0.05) is 6.07 Å². The zero-order valence-electron chi connectivity index (χ0n) is 13.6. The van der Waals surface area contributed by atoms with Crippen LogP contribution < -0.4 is 10.0 Å². The van der Waals surface area contributed by atoms with Crippen molar-refractivity contribution in [2.75, 3.05) is 20.1 Å². The highest BCUT2D eigenvalue weighted by Crippen LogP contribution is 2.25. The average Bonchev–Trinajstić information content (AvgIpc) is 3.38. The minimum Gasteiger partial charge on any atom is -0.316 e. The van der Waals surface area contributed by atoms with Crippen LogP contribution in [0.15, 0.2) is 34.1 Å². The van der Waals surface area contributed by atoms with Gasteiger partial charge < -0.3 is 5.32 Å². The fourth-order valence-corrected chi connectivity index (χ4v) is 5.83. The predicted octanol–water partition coefficient (Wildman–Crippen LogP) is 0.500. The first kappa shape index (κ1) is 17.8. The second kappa shape index (κ2) is 6.72. The van der Waals surface area contributed by atoms with E-state index in [2.05, 4.69) is 10.0 Å². The summed E-state index contributed by atoms with van der Waals surface area (Å²) in [6.07, 6.45) is 3.38. The van der Waals surface area contributed by atoms with Crippen LogP contribution in [0.2, 0.25) is 0 Å². The molecule has 1 aliphatic heterocycles. The van der Waals surface area contributed by atoms with E-state index < -0.39 is 20.0 Å². The third-order valence-electron chi connectivity index (χ3n) is 4.45. The molecule has 1 saturated carbocycles. The summed E-state index contributed by atoms with van der Waals surface area (Å²) in [5.41, 5.74) is 0. The summed E-state index contributed by atoms with van der Waals surface area (Å²) in [7, 11) is -5.55. The van der Waals surface area contributed by atoms with Crippen molar-refractivity contribution in [3.63, 3.8) is 0 Å². The monoisotopic (exact) mass is 373 g/mol. The van der Waals surface area contributed by atoms with Crippen molar-refractivity contribution in [1.29, 1.82) is 0 Å². The van der Waals surface area contributed by atoms with Gasteiger partial charge in [-0.15, -0.1) is 0 Å². The van der Waals surface area contributed by atoms with Gasteiger partial charge in [-0.25, -0.2) is 21.6 Å². The number of nitrogens with one attached hydrogen (secondary N) is 2. The lowest BCUT2D eigenvalue weighted by Gasteiger charge is -2.31. The van der Waals surface area contributed by atoms with Crippen LogP contribution in [0.3, 0.4) is 0 Å². The van der Waals surface area contributed by atoms with Gasteiger partial charge in [-0.3, -0.25) is 0 Å². The molecule has 0 amide bonds. The standard InChI is InChI=1S/C15H23N3O4S2/c1-16-13-4-3-9-18(11-13)24(21,22)15-6-2-5-14(10-15)23(19,20)17-12-7-8-12/h2,5-6,10,12-13,16-17H,3-4,7-9,11H2,1H3. The SMILES string of the molecule is CNC1CCCN(S(=O)(=O)c2cccc(S(=O)(=O)NC3CC3)c2)C1. The Balaban J connectivity index is 1.87. The lowest BCUT2D eigenvalue weighted by atomic mass is 10.1. The largest absolute Gasteiger partial charge is 0.316 e. The van der Waals surface area contributed by atoms with Crippen molar-refractivity contribution < 1.29 is 16.8 Å². The molecule has 1 saturated heterocycles. The molecular formula is C15H23N3O4S2. The molecule has 1 heterocycles. The Morgan fingerprint density at radius 3 is 2.42 bits per heavy atom. The third-order valence-corrected chi connectivity index (χ3v) is 7.82. The van der Waals surface area contributed by atoms with Gasteiger partial charge >= 0.3 is 0 Å².